The van der Waals surface area contributed by atoms with Crippen LogP contribution in [0.1, 0.15) is 43.6 Å². The monoisotopic (exact) mass is 273 g/mol. The molecule has 2 N–H and O–H groups in total. The van der Waals surface area contributed by atoms with E-state index in [9.17, 15) is 4.79 Å². The number of amides is 1. The number of rotatable bonds is 3. The highest BCUT2D eigenvalue weighted by Crippen LogP contribution is 2.24. The summed E-state index contributed by atoms with van der Waals surface area (Å²) in [6, 6.07) is 7.06. The number of aliphatic hydroxyl groups is 1. The van der Waals surface area contributed by atoms with Crippen LogP contribution in [0.2, 0.25) is 0 Å². The van der Waals surface area contributed by atoms with E-state index >= 15 is 0 Å². The van der Waals surface area contributed by atoms with Gasteiger partial charge in [0.05, 0.1) is 0 Å². The molecule has 108 valence electrons. The first kappa shape index (κ1) is 16.3. The van der Waals surface area contributed by atoms with Crippen molar-refractivity contribution in [1.82, 2.24) is 5.32 Å². The van der Waals surface area contributed by atoms with Gasteiger partial charge < -0.3 is 10.4 Å². The summed E-state index contributed by atoms with van der Waals surface area (Å²) in [5.74, 6) is 5.71. The number of carbonyl (C=O) groups is 1. The summed E-state index contributed by atoms with van der Waals surface area (Å²) in [7, 11) is 0. The van der Waals surface area contributed by atoms with E-state index in [1.807, 2.05) is 0 Å². The molecule has 0 aliphatic carbocycles. The molecule has 0 bridgehead atoms. The van der Waals surface area contributed by atoms with Crippen LogP contribution in [0.5, 0.6) is 0 Å². The summed E-state index contributed by atoms with van der Waals surface area (Å²) >= 11 is 0. The largest absolute Gasteiger partial charge is 0.384 e. The summed E-state index contributed by atoms with van der Waals surface area (Å²) in [4.78, 5) is 12.0. The van der Waals surface area contributed by atoms with E-state index in [1.165, 1.54) is 0 Å². The van der Waals surface area contributed by atoms with Gasteiger partial charge in [-0.05, 0) is 35.6 Å². The summed E-state index contributed by atoms with van der Waals surface area (Å²) in [6.07, 6.45) is 0. The third-order valence-electron chi connectivity index (χ3n) is 3.51. The van der Waals surface area contributed by atoms with Crippen LogP contribution >= 0.6 is 0 Å². The molecule has 20 heavy (non-hydrogen) atoms. The summed E-state index contributed by atoms with van der Waals surface area (Å²) in [6.45, 7) is 9.13. The molecule has 0 fully saturated rings. The maximum absolute atomic E-state index is 12.0. The average Bonchev–Trinajstić information content (AvgIpc) is 2.41. The Morgan fingerprint density at radius 2 is 1.90 bits per heavy atom. The van der Waals surface area contributed by atoms with E-state index in [0.29, 0.717) is 18.0 Å². The van der Waals surface area contributed by atoms with Crippen molar-refractivity contribution in [2.45, 2.75) is 27.7 Å². The Morgan fingerprint density at radius 3 is 2.40 bits per heavy atom. The quantitative estimate of drug-likeness (QED) is 0.831. The number of aliphatic hydroxyl groups excluding tert-OH is 1. The average molecular weight is 273 g/mol. The molecule has 0 aromatic heterocycles. The predicted molar refractivity (Wildman–Crippen MR) is 81.4 cm³/mol. The molecule has 0 heterocycles. The molecule has 1 aromatic rings. The minimum Gasteiger partial charge on any atom is -0.384 e. The molecule has 0 spiro atoms. The molecule has 3 heteroatoms. The molecule has 1 aromatic carbocycles. The van der Waals surface area contributed by atoms with Gasteiger partial charge in [0.1, 0.15) is 6.61 Å². The van der Waals surface area contributed by atoms with E-state index in [4.69, 9.17) is 5.11 Å². The van der Waals surface area contributed by atoms with Crippen LogP contribution in [-0.2, 0) is 0 Å². The van der Waals surface area contributed by atoms with E-state index in [0.717, 1.165) is 5.56 Å². The van der Waals surface area contributed by atoms with E-state index < -0.39 is 0 Å². The van der Waals surface area contributed by atoms with Crippen molar-refractivity contribution in [2.24, 2.45) is 11.3 Å². The van der Waals surface area contributed by atoms with Crippen LogP contribution in [0.15, 0.2) is 24.3 Å². The maximum Gasteiger partial charge on any atom is 0.251 e. The van der Waals surface area contributed by atoms with Gasteiger partial charge in [-0.15, -0.1) is 0 Å². The number of hydrogen-bond acceptors (Lipinski definition) is 2. The third-order valence-corrected chi connectivity index (χ3v) is 3.51. The lowest BCUT2D eigenvalue weighted by Crippen LogP contribution is -2.33. The van der Waals surface area contributed by atoms with Crippen molar-refractivity contribution >= 4 is 5.91 Å². The Labute approximate surface area is 121 Å². The van der Waals surface area contributed by atoms with Crippen molar-refractivity contribution in [2.75, 3.05) is 13.2 Å². The van der Waals surface area contributed by atoms with Crippen LogP contribution < -0.4 is 5.32 Å². The smallest absolute Gasteiger partial charge is 0.251 e. The van der Waals surface area contributed by atoms with Gasteiger partial charge in [0.15, 0.2) is 0 Å². The van der Waals surface area contributed by atoms with Crippen molar-refractivity contribution in [1.29, 1.82) is 0 Å². The highest BCUT2D eigenvalue weighted by molar-refractivity contribution is 5.94. The second-order valence-corrected chi connectivity index (χ2v) is 6.01. The molecule has 0 aliphatic heterocycles. The van der Waals surface area contributed by atoms with Crippen molar-refractivity contribution in [3.8, 4) is 11.8 Å². The Kier molecular flexibility index (Phi) is 5.79. The van der Waals surface area contributed by atoms with Crippen LogP contribution in [0.4, 0.5) is 0 Å². The molecule has 0 saturated heterocycles. The molecule has 1 amide bonds. The lowest BCUT2D eigenvalue weighted by Gasteiger charge is -2.27. The van der Waals surface area contributed by atoms with Gasteiger partial charge in [0.25, 0.3) is 5.91 Å². The van der Waals surface area contributed by atoms with E-state index in [-0.39, 0.29) is 17.9 Å². The standard InChI is InChI=1S/C17H23NO2/c1-13(17(2,3)4)12-18-16(20)15-9-7-14(8-10-15)6-5-11-19/h7-10,13,19H,11-12H2,1-4H3,(H,18,20). The molecular weight excluding hydrogens is 250 g/mol. The fourth-order valence-electron chi connectivity index (χ4n) is 1.50. The van der Waals surface area contributed by atoms with Crippen LogP contribution in [0.25, 0.3) is 0 Å². The van der Waals surface area contributed by atoms with Gasteiger partial charge in [0.2, 0.25) is 0 Å². The molecule has 0 radical (unpaired) electrons. The molecular formula is C17H23NO2. The van der Waals surface area contributed by atoms with Crippen LogP contribution in [0.3, 0.4) is 0 Å². The van der Waals surface area contributed by atoms with Gasteiger partial charge in [-0.2, -0.15) is 0 Å². The number of benzene rings is 1. The fraction of sp³-hybridized carbons (Fsp3) is 0.471. The van der Waals surface area contributed by atoms with Crippen molar-refractivity contribution in [3.05, 3.63) is 35.4 Å². The SMILES string of the molecule is CC(CNC(=O)c1ccc(C#CCO)cc1)C(C)(C)C. The van der Waals surface area contributed by atoms with Gasteiger partial charge in [-0.1, -0.05) is 39.5 Å². The lowest BCUT2D eigenvalue weighted by molar-refractivity contribution is 0.0937. The number of hydrogen-bond donors (Lipinski definition) is 2. The first-order chi connectivity index (χ1) is 9.34. The zero-order valence-corrected chi connectivity index (χ0v) is 12.7. The number of nitrogens with one attached hydrogen (secondary N) is 1. The minimum atomic E-state index is -0.160. The maximum atomic E-state index is 12.0. The Bertz CT molecular complexity index is 501. The molecule has 0 aliphatic rings. The van der Waals surface area contributed by atoms with Crippen molar-refractivity contribution < 1.29 is 9.90 Å². The predicted octanol–water partition coefficient (Wildman–Crippen LogP) is 2.44. The molecule has 0 saturated carbocycles. The second-order valence-electron chi connectivity index (χ2n) is 6.01. The third kappa shape index (κ3) is 5.07. The Morgan fingerprint density at radius 1 is 1.30 bits per heavy atom. The molecule has 1 atom stereocenters. The van der Waals surface area contributed by atoms with Gasteiger partial charge >= 0.3 is 0 Å². The van der Waals surface area contributed by atoms with Gasteiger partial charge in [-0.3, -0.25) is 4.79 Å². The Balaban J connectivity index is 2.60. The fourth-order valence-corrected chi connectivity index (χ4v) is 1.50. The van der Waals surface area contributed by atoms with Gasteiger partial charge in [-0.25, -0.2) is 0 Å². The highest BCUT2D eigenvalue weighted by Gasteiger charge is 2.20. The first-order valence-electron chi connectivity index (χ1n) is 6.82. The Hall–Kier alpha value is -1.79. The van der Waals surface area contributed by atoms with Gasteiger partial charge in [0, 0.05) is 17.7 Å². The molecule has 3 nitrogen and oxygen atoms in total. The lowest BCUT2D eigenvalue weighted by atomic mass is 9.82. The highest BCUT2D eigenvalue weighted by atomic mass is 16.2. The summed E-state index contributed by atoms with van der Waals surface area (Å²) in [5.41, 5.74) is 1.59. The van der Waals surface area contributed by atoms with Crippen molar-refractivity contribution in [3.63, 3.8) is 0 Å². The number of carbonyl (C=O) groups excluding carboxylic acids is 1. The minimum absolute atomic E-state index is 0.0669. The molecule has 1 unspecified atom stereocenters. The zero-order valence-electron chi connectivity index (χ0n) is 12.7. The topological polar surface area (TPSA) is 49.3 Å². The summed E-state index contributed by atoms with van der Waals surface area (Å²) < 4.78 is 0. The first-order valence-corrected chi connectivity index (χ1v) is 6.82. The van der Waals surface area contributed by atoms with E-state index in [1.54, 1.807) is 24.3 Å². The van der Waals surface area contributed by atoms with Crippen LogP contribution in [0, 0.1) is 23.2 Å². The summed E-state index contributed by atoms with van der Waals surface area (Å²) in [5, 5.41) is 11.6. The molecule has 1 rings (SSSR count). The normalized spacial score (nSPS) is 12.2. The van der Waals surface area contributed by atoms with E-state index in [2.05, 4.69) is 44.9 Å². The van der Waals surface area contributed by atoms with Crippen LogP contribution in [-0.4, -0.2) is 24.2 Å². The zero-order chi connectivity index (χ0) is 15.2. The second kappa shape index (κ2) is 7.12.